The lowest BCUT2D eigenvalue weighted by molar-refractivity contribution is 0.402. The maximum absolute atomic E-state index is 13.2. The monoisotopic (exact) mass is 402 g/mol. The fourth-order valence-corrected chi connectivity index (χ4v) is 4.89. The number of aromatic nitrogens is 1. The van der Waals surface area contributed by atoms with E-state index >= 15 is 0 Å². The number of methoxy groups -OCH3 is 1. The van der Waals surface area contributed by atoms with E-state index in [0.29, 0.717) is 10.9 Å². The highest BCUT2D eigenvalue weighted by Crippen LogP contribution is 2.30. The van der Waals surface area contributed by atoms with Crippen molar-refractivity contribution in [2.45, 2.75) is 23.3 Å². The van der Waals surface area contributed by atoms with E-state index in [9.17, 15) is 8.42 Å². The van der Waals surface area contributed by atoms with Gasteiger partial charge in [-0.1, -0.05) is 12.1 Å². The molecular formula is C20H22N2O3S2. The molecule has 0 saturated heterocycles. The van der Waals surface area contributed by atoms with Gasteiger partial charge in [-0.25, -0.2) is 8.42 Å². The zero-order valence-corrected chi connectivity index (χ0v) is 17.4. The van der Waals surface area contributed by atoms with Crippen molar-refractivity contribution in [3.05, 3.63) is 59.8 Å². The molecule has 0 saturated carbocycles. The average Bonchev–Trinajstić information content (AvgIpc) is 2.68. The maximum Gasteiger partial charge on any atom is 0.243 e. The van der Waals surface area contributed by atoms with Gasteiger partial charge in [-0.2, -0.15) is 4.31 Å². The molecule has 3 rings (SSSR count). The third kappa shape index (κ3) is 3.81. The lowest BCUT2D eigenvalue weighted by atomic mass is 10.1. The molecule has 3 aromatic rings. The molecule has 1 heterocycles. The number of pyridine rings is 1. The van der Waals surface area contributed by atoms with Crippen molar-refractivity contribution in [3.63, 3.8) is 0 Å². The molecule has 0 fully saturated rings. The van der Waals surface area contributed by atoms with Gasteiger partial charge in [-0.15, -0.1) is 11.8 Å². The van der Waals surface area contributed by atoms with E-state index in [4.69, 9.17) is 4.74 Å². The van der Waals surface area contributed by atoms with E-state index in [-0.39, 0.29) is 11.4 Å². The summed E-state index contributed by atoms with van der Waals surface area (Å²) in [6, 6.07) is 12.8. The number of fused-ring (bicyclic) bond motifs is 1. The second kappa shape index (κ2) is 7.88. The first kappa shape index (κ1) is 19.7. The Bertz CT molecular complexity index is 1080. The summed E-state index contributed by atoms with van der Waals surface area (Å²) in [5.41, 5.74) is 2.52. The molecule has 1 aromatic heterocycles. The number of hydrogen-bond acceptors (Lipinski definition) is 5. The van der Waals surface area contributed by atoms with Crippen LogP contribution >= 0.6 is 11.8 Å². The largest absolute Gasteiger partial charge is 0.496 e. The Hall–Kier alpha value is -2.09. The molecule has 2 aromatic carbocycles. The Morgan fingerprint density at radius 3 is 2.67 bits per heavy atom. The van der Waals surface area contributed by atoms with E-state index in [1.807, 2.05) is 31.4 Å². The molecule has 0 aliphatic rings. The smallest absolute Gasteiger partial charge is 0.243 e. The number of nitrogens with zero attached hydrogens (tertiary/aromatic N) is 2. The number of ether oxygens (including phenoxy) is 1. The predicted octanol–water partition coefficient (Wildman–Crippen LogP) is 4.09. The predicted molar refractivity (Wildman–Crippen MR) is 110 cm³/mol. The number of thioether (sulfide) groups is 1. The van der Waals surface area contributed by atoms with Crippen LogP contribution in [0.2, 0.25) is 0 Å². The van der Waals surface area contributed by atoms with Crippen LogP contribution in [-0.2, 0) is 16.6 Å². The summed E-state index contributed by atoms with van der Waals surface area (Å²) in [6.07, 6.45) is 3.65. The summed E-state index contributed by atoms with van der Waals surface area (Å²) >= 11 is 1.59. The molecule has 5 nitrogen and oxygen atoms in total. The first-order valence-corrected chi connectivity index (χ1v) is 11.1. The summed E-state index contributed by atoms with van der Waals surface area (Å²) in [4.78, 5) is 5.62. The number of hydrogen-bond donors (Lipinski definition) is 0. The quantitative estimate of drug-likeness (QED) is 0.581. The van der Waals surface area contributed by atoms with Gasteiger partial charge in [0.15, 0.2) is 0 Å². The lowest BCUT2D eigenvalue weighted by Crippen LogP contribution is -2.26. The number of benzene rings is 2. The first-order chi connectivity index (χ1) is 12.9. The molecule has 0 radical (unpaired) electrons. The van der Waals surface area contributed by atoms with Crippen LogP contribution in [-0.4, -0.2) is 38.1 Å². The van der Waals surface area contributed by atoms with Crippen molar-refractivity contribution in [1.82, 2.24) is 9.29 Å². The lowest BCUT2D eigenvalue weighted by Gasteiger charge is -2.19. The van der Waals surface area contributed by atoms with E-state index in [1.165, 1.54) is 4.31 Å². The van der Waals surface area contributed by atoms with Gasteiger partial charge in [-0.05, 0) is 54.6 Å². The fraction of sp³-hybridized carbons (Fsp3) is 0.250. The zero-order chi connectivity index (χ0) is 19.6. The summed E-state index contributed by atoms with van der Waals surface area (Å²) in [7, 11) is -0.463. The van der Waals surface area contributed by atoms with E-state index in [2.05, 4.69) is 4.98 Å². The third-order valence-electron chi connectivity index (χ3n) is 4.47. The molecule has 0 amide bonds. The zero-order valence-electron chi connectivity index (χ0n) is 15.8. The Balaban J connectivity index is 1.98. The van der Waals surface area contributed by atoms with Crippen molar-refractivity contribution < 1.29 is 13.2 Å². The standard InChI is InChI=1S/C20H22N2O3S2/c1-14-7-10-19(16-6-5-11-21-20(14)16)27(23,24)22(2)13-15-8-9-18(26-4)17(12-15)25-3/h5-12H,13H2,1-4H3. The molecule has 27 heavy (non-hydrogen) atoms. The molecule has 7 heteroatoms. The van der Waals surface area contributed by atoms with Gasteiger partial charge < -0.3 is 4.74 Å². The third-order valence-corrected chi connectivity index (χ3v) is 7.11. The molecule has 0 aliphatic heterocycles. The summed E-state index contributed by atoms with van der Waals surface area (Å²) in [5.74, 6) is 0.746. The van der Waals surface area contributed by atoms with E-state index in [0.717, 1.165) is 21.8 Å². The van der Waals surface area contributed by atoms with Crippen LogP contribution in [0, 0.1) is 6.92 Å². The van der Waals surface area contributed by atoms with E-state index in [1.54, 1.807) is 56.4 Å². The fourth-order valence-electron chi connectivity index (χ4n) is 3.00. The van der Waals surface area contributed by atoms with Gasteiger partial charge >= 0.3 is 0 Å². The molecule has 0 aliphatic carbocycles. The molecule has 0 N–H and O–H groups in total. The van der Waals surface area contributed by atoms with Crippen LogP contribution in [0.15, 0.2) is 58.5 Å². The molecular weight excluding hydrogens is 380 g/mol. The number of aryl methyl sites for hydroxylation is 1. The summed E-state index contributed by atoms with van der Waals surface area (Å²) in [5, 5.41) is 0.639. The molecule has 0 spiro atoms. The van der Waals surface area contributed by atoms with Gasteiger partial charge in [0.05, 0.1) is 17.5 Å². The van der Waals surface area contributed by atoms with Crippen molar-refractivity contribution >= 4 is 32.7 Å². The second-order valence-corrected chi connectivity index (χ2v) is 9.09. The van der Waals surface area contributed by atoms with Gasteiger partial charge in [-0.3, -0.25) is 4.98 Å². The topological polar surface area (TPSA) is 59.5 Å². The van der Waals surface area contributed by atoms with Crippen LogP contribution in [0.4, 0.5) is 0 Å². The Morgan fingerprint density at radius 2 is 1.96 bits per heavy atom. The van der Waals surface area contributed by atoms with Crippen LogP contribution in [0.5, 0.6) is 5.75 Å². The SMILES string of the molecule is COc1cc(CN(C)S(=O)(=O)c2ccc(C)c3ncccc23)ccc1SC. The van der Waals surface area contributed by atoms with Gasteiger partial charge in [0.1, 0.15) is 5.75 Å². The average molecular weight is 403 g/mol. The van der Waals surface area contributed by atoms with Crippen molar-refractivity contribution in [2.24, 2.45) is 0 Å². The Labute approximate surface area is 164 Å². The molecule has 0 atom stereocenters. The number of rotatable bonds is 6. The summed E-state index contributed by atoms with van der Waals surface area (Å²) < 4.78 is 33.2. The molecule has 0 unspecified atom stereocenters. The summed E-state index contributed by atoms with van der Waals surface area (Å²) in [6.45, 7) is 2.18. The van der Waals surface area contributed by atoms with Gasteiger partial charge in [0.2, 0.25) is 10.0 Å². The maximum atomic E-state index is 13.2. The van der Waals surface area contributed by atoms with Crippen LogP contribution in [0.1, 0.15) is 11.1 Å². The molecule has 0 bridgehead atoms. The normalized spacial score (nSPS) is 11.9. The highest BCUT2D eigenvalue weighted by molar-refractivity contribution is 7.98. The highest BCUT2D eigenvalue weighted by atomic mass is 32.2. The first-order valence-electron chi connectivity index (χ1n) is 8.40. The minimum atomic E-state index is -3.67. The van der Waals surface area contributed by atoms with Crippen LogP contribution in [0.3, 0.4) is 0 Å². The van der Waals surface area contributed by atoms with Crippen molar-refractivity contribution in [2.75, 3.05) is 20.4 Å². The minimum Gasteiger partial charge on any atom is -0.496 e. The Kier molecular flexibility index (Phi) is 5.74. The Morgan fingerprint density at radius 1 is 1.19 bits per heavy atom. The van der Waals surface area contributed by atoms with Crippen molar-refractivity contribution in [3.8, 4) is 5.75 Å². The highest BCUT2D eigenvalue weighted by Gasteiger charge is 2.24. The van der Waals surface area contributed by atoms with Crippen LogP contribution in [0.25, 0.3) is 10.9 Å². The minimum absolute atomic E-state index is 0.253. The van der Waals surface area contributed by atoms with E-state index < -0.39 is 10.0 Å². The molecule has 142 valence electrons. The van der Waals surface area contributed by atoms with Crippen molar-refractivity contribution in [1.29, 1.82) is 0 Å². The number of sulfonamides is 1. The van der Waals surface area contributed by atoms with Gasteiger partial charge in [0, 0.05) is 30.1 Å². The second-order valence-electron chi connectivity index (χ2n) is 6.23. The van der Waals surface area contributed by atoms with Crippen LogP contribution < -0.4 is 4.74 Å². The van der Waals surface area contributed by atoms with Gasteiger partial charge in [0.25, 0.3) is 0 Å².